The van der Waals surface area contributed by atoms with Crippen LogP contribution in [0.15, 0.2) is 0 Å². The normalized spacial score (nSPS) is 10.2. The second-order valence-electron chi connectivity index (χ2n) is 3.47. The van der Waals surface area contributed by atoms with Crippen molar-refractivity contribution >= 4 is 90.9 Å². The molecule has 8 heteroatoms. The molecule has 0 aromatic heterocycles. The number of aromatic carboxylic acids is 1. The average Bonchev–Trinajstić information content (AvgIpc) is 2.25. The van der Waals surface area contributed by atoms with Gasteiger partial charge in [-0.1, -0.05) is 0 Å². The largest absolute Gasteiger partial charge is 0.478 e. The van der Waals surface area contributed by atoms with Crippen molar-refractivity contribution < 1.29 is 14.7 Å². The molecule has 1 rings (SSSR count). The fourth-order valence-corrected chi connectivity index (χ4v) is 5.25. The number of carbonyl (C=O) groups excluding carboxylic acids is 1. The third kappa shape index (κ3) is 3.37. The first-order valence-corrected chi connectivity index (χ1v) is 7.93. The summed E-state index contributed by atoms with van der Waals surface area (Å²) in [5, 5.41) is 12.1. The number of Topliss-reactive ketones (excluding diaryl/α,β-unsaturated/α-hetero) is 1. The number of nitrogen functional groups attached to an aromatic ring is 1. The molecule has 0 spiro atoms. The van der Waals surface area contributed by atoms with Gasteiger partial charge in [-0.3, -0.25) is 4.79 Å². The fourth-order valence-electron chi connectivity index (χ4n) is 1.24. The fraction of sp³-hybridized carbons (Fsp3) is 0.200. The van der Waals surface area contributed by atoms with Gasteiger partial charge in [-0.2, -0.15) is 0 Å². The Morgan fingerprint density at radius 3 is 2.22 bits per heavy atom. The molecule has 0 aliphatic carbocycles. The van der Waals surface area contributed by atoms with Gasteiger partial charge in [0.2, 0.25) is 0 Å². The van der Waals surface area contributed by atoms with Gasteiger partial charge in [0.15, 0.2) is 0 Å². The zero-order valence-corrected chi connectivity index (χ0v) is 15.7. The van der Waals surface area contributed by atoms with Crippen molar-refractivity contribution in [2.45, 2.75) is 6.92 Å². The second kappa shape index (κ2) is 6.54. The number of carbonyl (C=O) groups is 2. The predicted molar refractivity (Wildman–Crippen MR) is 95.1 cm³/mol. The Kier molecular flexibility index (Phi) is 5.89. The summed E-state index contributed by atoms with van der Waals surface area (Å²) in [4.78, 5) is 22.2. The molecule has 0 atom stereocenters. The van der Waals surface area contributed by atoms with Crippen LogP contribution in [0.5, 0.6) is 0 Å². The summed E-state index contributed by atoms with van der Waals surface area (Å²) < 4.78 is 1.80. The highest BCUT2D eigenvalue weighted by molar-refractivity contribution is 14.1. The summed E-state index contributed by atoms with van der Waals surface area (Å²) >= 11 is 5.91. The van der Waals surface area contributed by atoms with E-state index in [1.54, 1.807) is 0 Å². The highest BCUT2D eigenvalue weighted by Crippen LogP contribution is 2.36. The minimum atomic E-state index is -1.03. The lowest BCUT2D eigenvalue weighted by Crippen LogP contribution is -2.16. The maximum Gasteiger partial charge on any atom is 0.338 e. The second-order valence-corrected chi connectivity index (χ2v) is 6.70. The number of carboxylic acids is 1. The SMILES string of the molecule is CC(=O)CNc1c(I)c(N)c(I)c(C(=O)O)c1I. The number of benzene rings is 1. The van der Waals surface area contributed by atoms with E-state index < -0.39 is 5.97 Å². The Bertz CT molecular complexity index is 532. The van der Waals surface area contributed by atoms with E-state index in [1.165, 1.54) is 6.92 Å². The van der Waals surface area contributed by atoms with E-state index >= 15 is 0 Å². The first-order valence-electron chi connectivity index (χ1n) is 4.69. The lowest BCUT2D eigenvalue weighted by Gasteiger charge is -2.16. The lowest BCUT2D eigenvalue weighted by atomic mass is 10.1. The van der Waals surface area contributed by atoms with Gasteiger partial charge in [0.25, 0.3) is 0 Å². The van der Waals surface area contributed by atoms with Crippen LogP contribution in [0, 0.1) is 10.7 Å². The smallest absolute Gasteiger partial charge is 0.338 e. The minimum absolute atomic E-state index is 0.0319. The Labute approximate surface area is 145 Å². The van der Waals surface area contributed by atoms with Crippen LogP contribution in [-0.2, 0) is 4.79 Å². The van der Waals surface area contributed by atoms with Crippen LogP contribution in [0.4, 0.5) is 11.4 Å². The van der Waals surface area contributed by atoms with Crippen molar-refractivity contribution in [2.24, 2.45) is 0 Å². The number of hydrogen-bond donors (Lipinski definition) is 3. The molecule has 0 bridgehead atoms. The monoisotopic (exact) mass is 586 g/mol. The van der Waals surface area contributed by atoms with Crippen molar-refractivity contribution in [2.75, 3.05) is 17.6 Å². The van der Waals surface area contributed by atoms with Crippen molar-refractivity contribution in [1.29, 1.82) is 0 Å². The van der Waals surface area contributed by atoms with E-state index in [0.29, 0.717) is 18.5 Å². The number of carboxylic acid groups (broad SMARTS) is 1. The maximum absolute atomic E-state index is 11.2. The number of anilines is 2. The quantitative estimate of drug-likeness (QED) is 0.374. The molecule has 0 unspecified atom stereocenters. The van der Waals surface area contributed by atoms with Crippen LogP contribution in [0.3, 0.4) is 0 Å². The topological polar surface area (TPSA) is 92.4 Å². The Hall–Kier alpha value is 0.150. The van der Waals surface area contributed by atoms with Crippen LogP contribution in [-0.4, -0.2) is 23.4 Å². The van der Waals surface area contributed by atoms with E-state index in [9.17, 15) is 14.7 Å². The van der Waals surface area contributed by atoms with Gasteiger partial charge in [-0.25, -0.2) is 4.79 Å². The van der Waals surface area contributed by atoms with Crippen LogP contribution in [0.1, 0.15) is 17.3 Å². The predicted octanol–water partition coefficient (Wildman–Crippen LogP) is 2.78. The van der Waals surface area contributed by atoms with Gasteiger partial charge in [0.1, 0.15) is 5.78 Å². The standard InChI is InChI=1S/C10H9I3N2O3/c1-3(16)2-15-9-6(12)4(10(17)18)5(11)8(14)7(9)13/h15H,2,14H2,1H3,(H,17,18). The Morgan fingerprint density at radius 1 is 1.22 bits per heavy atom. The summed E-state index contributed by atoms with van der Waals surface area (Å²) in [6.45, 7) is 1.60. The molecule has 18 heavy (non-hydrogen) atoms. The van der Waals surface area contributed by atoms with Gasteiger partial charge in [0, 0.05) is 0 Å². The molecule has 1 aromatic carbocycles. The molecule has 5 nitrogen and oxygen atoms in total. The molecule has 0 aliphatic heterocycles. The highest BCUT2D eigenvalue weighted by atomic mass is 127. The molecule has 1 aromatic rings. The summed E-state index contributed by atoms with van der Waals surface area (Å²) in [5.74, 6) is -1.06. The Balaban J connectivity index is 3.42. The minimum Gasteiger partial charge on any atom is -0.478 e. The van der Waals surface area contributed by atoms with E-state index in [1.807, 2.05) is 67.8 Å². The van der Waals surface area contributed by atoms with Gasteiger partial charge in [-0.15, -0.1) is 0 Å². The highest BCUT2D eigenvalue weighted by Gasteiger charge is 2.22. The number of nitrogens with one attached hydrogen (secondary N) is 1. The van der Waals surface area contributed by atoms with Crippen LogP contribution < -0.4 is 11.1 Å². The van der Waals surface area contributed by atoms with Gasteiger partial charge < -0.3 is 16.2 Å². The van der Waals surface area contributed by atoms with E-state index in [2.05, 4.69) is 5.32 Å². The van der Waals surface area contributed by atoms with Crippen molar-refractivity contribution in [3.05, 3.63) is 16.3 Å². The van der Waals surface area contributed by atoms with Crippen LogP contribution in [0.2, 0.25) is 0 Å². The molecular weight excluding hydrogens is 577 g/mol. The molecule has 0 aliphatic rings. The first-order chi connectivity index (χ1) is 8.27. The molecule has 0 radical (unpaired) electrons. The molecule has 4 N–H and O–H groups in total. The number of halogens is 3. The summed E-state index contributed by atoms with van der Waals surface area (Å²) in [7, 11) is 0. The number of hydrogen-bond acceptors (Lipinski definition) is 4. The lowest BCUT2D eigenvalue weighted by molar-refractivity contribution is -0.115. The third-order valence-corrected chi connectivity index (χ3v) is 5.40. The number of ketones is 1. The molecule has 98 valence electrons. The van der Waals surface area contributed by atoms with Crippen molar-refractivity contribution in [1.82, 2.24) is 0 Å². The van der Waals surface area contributed by atoms with Crippen molar-refractivity contribution in [3.63, 3.8) is 0 Å². The van der Waals surface area contributed by atoms with Gasteiger partial charge in [-0.05, 0) is 74.7 Å². The summed E-state index contributed by atoms with van der Waals surface area (Å²) in [6.07, 6.45) is 0. The Morgan fingerprint density at radius 2 is 1.78 bits per heavy atom. The van der Waals surface area contributed by atoms with Crippen LogP contribution in [0.25, 0.3) is 0 Å². The zero-order chi connectivity index (χ0) is 14.0. The maximum atomic E-state index is 11.2. The zero-order valence-electron chi connectivity index (χ0n) is 9.18. The van der Waals surface area contributed by atoms with Crippen molar-refractivity contribution in [3.8, 4) is 0 Å². The van der Waals surface area contributed by atoms with E-state index in [4.69, 9.17) is 5.73 Å². The molecule has 0 heterocycles. The molecular formula is C10H9I3N2O3. The molecule has 0 saturated heterocycles. The number of nitrogens with two attached hydrogens (primary N) is 1. The summed E-state index contributed by atoms with van der Waals surface area (Å²) in [5.41, 5.74) is 7.07. The first kappa shape index (κ1) is 16.2. The van der Waals surface area contributed by atoms with E-state index in [0.717, 1.165) is 3.57 Å². The molecule has 0 saturated carbocycles. The van der Waals surface area contributed by atoms with Gasteiger partial charge >= 0.3 is 5.97 Å². The molecule has 0 amide bonds. The molecule has 0 fully saturated rings. The number of rotatable bonds is 4. The van der Waals surface area contributed by atoms with Gasteiger partial charge in [0.05, 0.1) is 34.2 Å². The average molecular weight is 586 g/mol. The van der Waals surface area contributed by atoms with E-state index in [-0.39, 0.29) is 17.9 Å². The third-order valence-electron chi connectivity index (χ3n) is 2.08. The summed E-state index contributed by atoms with van der Waals surface area (Å²) in [6, 6.07) is 0. The van der Waals surface area contributed by atoms with Crippen LogP contribution >= 0.6 is 67.8 Å².